The van der Waals surface area contributed by atoms with Crippen LogP contribution in [-0.4, -0.2) is 39.2 Å². The van der Waals surface area contributed by atoms with Crippen molar-refractivity contribution in [2.45, 2.75) is 39.5 Å². The monoisotopic (exact) mass is 305 g/mol. The minimum Gasteiger partial charge on any atom is -0.494 e. The van der Waals surface area contributed by atoms with Gasteiger partial charge in [-0.25, -0.2) is 0 Å². The molecule has 1 heterocycles. The number of hydrogen-bond acceptors (Lipinski definition) is 4. The Morgan fingerprint density at radius 3 is 2.41 bits per heavy atom. The molecule has 1 aromatic carbocycles. The lowest BCUT2D eigenvalue weighted by atomic mass is 9.84. The lowest BCUT2D eigenvalue weighted by Gasteiger charge is -2.33. The molecule has 22 heavy (non-hydrogen) atoms. The second kappa shape index (κ2) is 6.69. The number of methoxy groups -OCH3 is 1. The first-order valence-corrected chi connectivity index (χ1v) is 7.97. The number of Topliss-reactive ketones (excluding diaryl/α,β-unsaturated/α-hetero) is 1. The number of ether oxygens (including phenoxy) is 2. The minimum absolute atomic E-state index is 0.0869. The van der Waals surface area contributed by atoms with Crippen LogP contribution in [0.5, 0.6) is 5.75 Å². The number of benzene rings is 1. The van der Waals surface area contributed by atoms with Crippen LogP contribution in [0.25, 0.3) is 0 Å². The SMILES string of the molecule is CCC(=O)c1cc(N2CCOCC2)c(OC)c(C(C)(C)C)c1. The Bertz CT molecular complexity index is 540. The van der Waals surface area contributed by atoms with Crippen molar-refractivity contribution in [3.05, 3.63) is 23.3 Å². The third kappa shape index (κ3) is 3.43. The van der Waals surface area contributed by atoms with Gasteiger partial charge in [0.25, 0.3) is 0 Å². The van der Waals surface area contributed by atoms with Gasteiger partial charge in [-0.3, -0.25) is 4.79 Å². The highest BCUT2D eigenvalue weighted by Crippen LogP contribution is 2.40. The summed E-state index contributed by atoms with van der Waals surface area (Å²) in [4.78, 5) is 14.5. The summed E-state index contributed by atoms with van der Waals surface area (Å²) in [5.74, 6) is 1.05. The van der Waals surface area contributed by atoms with Crippen molar-refractivity contribution < 1.29 is 14.3 Å². The summed E-state index contributed by atoms with van der Waals surface area (Å²) in [6, 6.07) is 3.97. The van der Waals surface area contributed by atoms with Crippen LogP contribution >= 0.6 is 0 Å². The van der Waals surface area contributed by atoms with Gasteiger partial charge in [-0.1, -0.05) is 27.7 Å². The molecule has 1 aliphatic rings. The summed E-state index contributed by atoms with van der Waals surface area (Å²) in [5.41, 5.74) is 2.77. The average molecular weight is 305 g/mol. The Hall–Kier alpha value is -1.55. The fourth-order valence-corrected chi connectivity index (χ4v) is 2.79. The van der Waals surface area contributed by atoms with Gasteiger partial charge in [0.2, 0.25) is 0 Å². The molecule has 0 bridgehead atoms. The summed E-state index contributed by atoms with van der Waals surface area (Å²) in [6.45, 7) is 11.4. The molecule has 4 nitrogen and oxygen atoms in total. The molecular formula is C18H27NO3. The molecule has 0 saturated carbocycles. The standard InChI is InChI=1S/C18H27NO3/c1-6-16(20)13-11-14(18(2,3)4)17(21-5)15(12-13)19-7-9-22-10-8-19/h11-12H,6-10H2,1-5H3. The summed E-state index contributed by atoms with van der Waals surface area (Å²) in [6.07, 6.45) is 0.512. The highest BCUT2D eigenvalue weighted by Gasteiger charge is 2.26. The van der Waals surface area contributed by atoms with E-state index in [2.05, 4.69) is 25.7 Å². The Balaban J connectivity index is 2.60. The number of rotatable bonds is 4. The van der Waals surface area contributed by atoms with E-state index in [9.17, 15) is 4.79 Å². The van der Waals surface area contributed by atoms with E-state index in [0.29, 0.717) is 19.6 Å². The van der Waals surface area contributed by atoms with Crippen LogP contribution in [0.3, 0.4) is 0 Å². The smallest absolute Gasteiger partial charge is 0.162 e. The quantitative estimate of drug-likeness (QED) is 0.799. The zero-order valence-electron chi connectivity index (χ0n) is 14.4. The molecule has 1 saturated heterocycles. The molecule has 0 spiro atoms. The maximum absolute atomic E-state index is 12.2. The predicted octanol–water partition coefficient (Wildman–Crippen LogP) is 3.42. The van der Waals surface area contributed by atoms with E-state index >= 15 is 0 Å². The Morgan fingerprint density at radius 2 is 1.91 bits per heavy atom. The third-order valence-corrected chi connectivity index (χ3v) is 4.08. The van der Waals surface area contributed by atoms with Crippen molar-refractivity contribution >= 4 is 11.5 Å². The van der Waals surface area contributed by atoms with E-state index in [-0.39, 0.29) is 11.2 Å². The lowest BCUT2D eigenvalue weighted by Crippen LogP contribution is -2.37. The van der Waals surface area contributed by atoms with Crippen molar-refractivity contribution in [1.82, 2.24) is 0 Å². The van der Waals surface area contributed by atoms with Gasteiger partial charge in [0.05, 0.1) is 26.0 Å². The van der Waals surface area contributed by atoms with Gasteiger partial charge in [0, 0.05) is 30.6 Å². The first kappa shape index (κ1) is 16.8. The normalized spacial score (nSPS) is 15.8. The fourth-order valence-electron chi connectivity index (χ4n) is 2.79. The first-order chi connectivity index (χ1) is 10.4. The lowest BCUT2D eigenvalue weighted by molar-refractivity contribution is 0.0988. The van der Waals surface area contributed by atoms with E-state index in [0.717, 1.165) is 35.7 Å². The van der Waals surface area contributed by atoms with Gasteiger partial charge in [0.15, 0.2) is 5.78 Å². The molecule has 0 aliphatic carbocycles. The molecule has 0 amide bonds. The van der Waals surface area contributed by atoms with Crippen LogP contribution in [0.1, 0.15) is 50.0 Å². The first-order valence-electron chi connectivity index (χ1n) is 7.97. The summed E-state index contributed by atoms with van der Waals surface area (Å²) in [7, 11) is 1.70. The zero-order chi connectivity index (χ0) is 16.3. The van der Waals surface area contributed by atoms with Crippen molar-refractivity contribution in [2.24, 2.45) is 0 Å². The highest BCUT2D eigenvalue weighted by atomic mass is 16.5. The summed E-state index contributed by atoms with van der Waals surface area (Å²) >= 11 is 0. The van der Waals surface area contributed by atoms with Crippen molar-refractivity contribution in [2.75, 3.05) is 38.3 Å². The molecule has 0 atom stereocenters. The zero-order valence-corrected chi connectivity index (χ0v) is 14.4. The van der Waals surface area contributed by atoms with Gasteiger partial charge in [-0.2, -0.15) is 0 Å². The van der Waals surface area contributed by atoms with Crippen molar-refractivity contribution in [1.29, 1.82) is 0 Å². The Labute approximate surface area is 133 Å². The molecule has 1 aromatic rings. The van der Waals surface area contributed by atoms with Gasteiger partial charge in [-0.05, 0) is 17.5 Å². The van der Waals surface area contributed by atoms with Crippen LogP contribution in [-0.2, 0) is 10.2 Å². The largest absolute Gasteiger partial charge is 0.494 e. The molecule has 0 N–H and O–H groups in total. The number of ketones is 1. The van der Waals surface area contributed by atoms with Crippen LogP contribution in [0.2, 0.25) is 0 Å². The van der Waals surface area contributed by atoms with E-state index in [1.54, 1.807) is 7.11 Å². The molecule has 0 radical (unpaired) electrons. The van der Waals surface area contributed by atoms with Crippen LogP contribution in [0.15, 0.2) is 12.1 Å². The van der Waals surface area contributed by atoms with Gasteiger partial charge in [0.1, 0.15) is 5.75 Å². The number of carbonyl (C=O) groups is 1. The molecule has 0 unspecified atom stereocenters. The number of morpholine rings is 1. The molecule has 1 aliphatic heterocycles. The van der Waals surface area contributed by atoms with Crippen molar-refractivity contribution in [3.63, 3.8) is 0 Å². The Kier molecular flexibility index (Phi) is 5.12. The number of anilines is 1. The Morgan fingerprint density at radius 1 is 1.27 bits per heavy atom. The molecule has 122 valence electrons. The van der Waals surface area contributed by atoms with Crippen LogP contribution in [0, 0.1) is 0 Å². The topological polar surface area (TPSA) is 38.8 Å². The molecule has 2 rings (SSSR count). The van der Waals surface area contributed by atoms with Crippen LogP contribution < -0.4 is 9.64 Å². The maximum atomic E-state index is 12.2. The minimum atomic E-state index is -0.0869. The van der Waals surface area contributed by atoms with E-state index < -0.39 is 0 Å². The summed E-state index contributed by atoms with van der Waals surface area (Å²) < 4.78 is 11.2. The number of nitrogens with zero attached hydrogens (tertiary/aromatic N) is 1. The van der Waals surface area contributed by atoms with Gasteiger partial charge >= 0.3 is 0 Å². The molecule has 0 aromatic heterocycles. The van der Waals surface area contributed by atoms with Gasteiger partial charge in [-0.15, -0.1) is 0 Å². The predicted molar refractivity (Wildman–Crippen MR) is 89.3 cm³/mol. The summed E-state index contributed by atoms with van der Waals surface area (Å²) in [5, 5.41) is 0. The highest BCUT2D eigenvalue weighted by molar-refractivity contribution is 5.97. The number of carbonyl (C=O) groups excluding carboxylic acids is 1. The fraction of sp³-hybridized carbons (Fsp3) is 0.611. The third-order valence-electron chi connectivity index (χ3n) is 4.08. The van der Waals surface area contributed by atoms with Crippen molar-refractivity contribution in [3.8, 4) is 5.75 Å². The van der Waals surface area contributed by atoms with E-state index in [1.807, 2.05) is 19.1 Å². The number of hydrogen-bond donors (Lipinski definition) is 0. The van der Waals surface area contributed by atoms with Crippen LogP contribution in [0.4, 0.5) is 5.69 Å². The second-order valence-corrected chi connectivity index (χ2v) is 6.70. The van der Waals surface area contributed by atoms with E-state index in [4.69, 9.17) is 9.47 Å². The second-order valence-electron chi connectivity index (χ2n) is 6.70. The molecular weight excluding hydrogens is 278 g/mol. The van der Waals surface area contributed by atoms with Gasteiger partial charge < -0.3 is 14.4 Å². The molecule has 4 heteroatoms. The maximum Gasteiger partial charge on any atom is 0.162 e. The average Bonchev–Trinajstić information content (AvgIpc) is 2.52. The molecule has 1 fully saturated rings. The van der Waals surface area contributed by atoms with E-state index in [1.165, 1.54) is 0 Å².